The molecular formula is C12H14ClN3O. The summed E-state index contributed by atoms with van der Waals surface area (Å²) in [6.07, 6.45) is 1.70. The number of aryl methyl sites for hydroxylation is 1. The second-order valence-corrected chi connectivity index (χ2v) is 4.29. The summed E-state index contributed by atoms with van der Waals surface area (Å²) in [5.74, 6) is 0.813. The molecule has 1 heterocycles. The van der Waals surface area contributed by atoms with Crippen molar-refractivity contribution in [2.45, 2.75) is 13.5 Å². The van der Waals surface area contributed by atoms with Crippen LogP contribution < -0.4 is 0 Å². The molecule has 90 valence electrons. The average molecular weight is 252 g/mol. The lowest BCUT2D eigenvalue weighted by Crippen LogP contribution is -2.05. The van der Waals surface area contributed by atoms with E-state index in [-0.39, 0.29) is 0 Å². The van der Waals surface area contributed by atoms with Gasteiger partial charge in [0.25, 0.3) is 0 Å². The summed E-state index contributed by atoms with van der Waals surface area (Å²) in [5, 5.41) is 8.75. The number of nitrogens with zero attached hydrogens (tertiary/aromatic N) is 3. The maximum atomic E-state index is 6.04. The summed E-state index contributed by atoms with van der Waals surface area (Å²) >= 11 is 6.04. The number of ether oxygens (including phenoxy) is 1. The summed E-state index contributed by atoms with van der Waals surface area (Å²) in [7, 11) is 1.67. The van der Waals surface area contributed by atoms with Gasteiger partial charge >= 0.3 is 0 Å². The number of benzene rings is 1. The standard InChI is InChI=1S/C12H14ClN3O/c1-9-5-10(7-11(13)6-9)12-15-14-8-16(12)3-4-17-2/h5-8H,3-4H2,1-2H3. The van der Waals surface area contributed by atoms with E-state index < -0.39 is 0 Å². The third-order valence-corrected chi connectivity index (χ3v) is 2.67. The molecule has 1 aromatic carbocycles. The molecule has 0 unspecified atom stereocenters. The van der Waals surface area contributed by atoms with Gasteiger partial charge in [-0.3, -0.25) is 0 Å². The summed E-state index contributed by atoms with van der Waals surface area (Å²) in [6, 6.07) is 5.85. The van der Waals surface area contributed by atoms with Crippen LogP contribution in [0.5, 0.6) is 0 Å². The topological polar surface area (TPSA) is 39.9 Å². The van der Waals surface area contributed by atoms with E-state index in [0.29, 0.717) is 11.6 Å². The Hall–Kier alpha value is -1.39. The molecule has 0 fully saturated rings. The summed E-state index contributed by atoms with van der Waals surface area (Å²) in [4.78, 5) is 0. The molecule has 0 N–H and O–H groups in total. The van der Waals surface area contributed by atoms with E-state index in [4.69, 9.17) is 16.3 Å². The molecule has 2 aromatic rings. The Balaban J connectivity index is 2.35. The fourth-order valence-corrected chi connectivity index (χ4v) is 1.99. The third kappa shape index (κ3) is 2.84. The minimum Gasteiger partial charge on any atom is -0.383 e. The Labute approximate surface area is 105 Å². The van der Waals surface area contributed by atoms with Gasteiger partial charge in [-0.05, 0) is 30.7 Å². The van der Waals surface area contributed by atoms with Gasteiger partial charge in [0.2, 0.25) is 0 Å². The van der Waals surface area contributed by atoms with Crippen molar-refractivity contribution in [3.63, 3.8) is 0 Å². The molecule has 0 aliphatic heterocycles. The predicted octanol–water partition coefficient (Wildman–Crippen LogP) is 2.55. The molecule has 0 atom stereocenters. The fraction of sp³-hybridized carbons (Fsp3) is 0.333. The maximum Gasteiger partial charge on any atom is 0.163 e. The monoisotopic (exact) mass is 251 g/mol. The molecule has 0 saturated carbocycles. The summed E-state index contributed by atoms with van der Waals surface area (Å²) in [5.41, 5.74) is 2.08. The second kappa shape index (κ2) is 5.29. The lowest BCUT2D eigenvalue weighted by Gasteiger charge is -2.07. The van der Waals surface area contributed by atoms with Crippen LogP contribution in [-0.4, -0.2) is 28.5 Å². The van der Waals surface area contributed by atoms with Crippen LogP contribution in [0.25, 0.3) is 11.4 Å². The number of methoxy groups -OCH3 is 1. The van der Waals surface area contributed by atoms with Crippen molar-refractivity contribution >= 4 is 11.6 Å². The van der Waals surface area contributed by atoms with E-state index in [1.165, 1.54) is 0 Å². The molecular weight excluding hydrogens is 238 g/mol. The Kier molecular flexibility index (Phi) is 3.76. The number of aromatic nitrogens is 3. The highest BCUT2D eigenvalue weighted by Crippen LogP contribution is 2.22. The molecule has 0 bridgehead atoms. The maximum absolute atomic E-state index is 6.04. The largest absolute Gasteiger partial charge is 0.383 e. The van der Waals surface area contributed by atoms with Crippen molar-refractivity contribution in [3.8, 4) is 11.4 Å². The van der Waals surface area contributed by atoms with Gasteiger partial charge in [-0.2, -0.15) is 0 Å². The fourth-order valence-electron chi connectivity index (χ4n) is 1.70. The van der Waals surface area contributed by atoms with Crippen molar-refractivity contribution < 1.29 is 4.74 Å². The van der Waals surface area contributed by atoms with Crippen LogP contribution in [0.15, 0.2) is 24.5 Å². The molecule has 0 amide bonds. The minimum atomic E-state index is 0.630. The van der Waals surface area contributed by atoms with Crippen molar-refractivity contribution in [1.29, 1.82) is 0 Å². The van der Waals surface area contributed by atoms with Crippen LogP contribution in [0.1, 0.15) is 5.56 Å². The molecule has 1 aromatic heterocycles. The Morgan fingerprint density at radius 1 is 1.35 bits per heavy atom. The van der Waals surface area contributed by atoms with E-state index in [0.717, 1.165) is 23.5 Å². The van der Waals surface area contributed by atoms with E-state index in [2.05, 4.69) is 10.2 Å². The first kappa shape index (κ1) is 12.1. The molecule has 0 radical (unpaired) electrons. The smallest absolute Gasteiger partial charge is 0.163 e. The second-order valence-electron chi connectivity index (χ2n) is 3.86. The van der Waals surface area contributed by atoms with E-state index >= 15 is 0 Å². The molecule has 0 aliphatic rings. The van der Waals surface area contributed by atoms with Gasteiger partial charge in [0.15, 0.2) is 5.82 Å². The minimum absolute atomic E-state index is 0.630. The highest BCUT2D eigenvalue weighted by molar-refractivity contribution is 6.30. The zero-order valence-electron chi connectivity index (χ0n) is 9.85. The van der Waals surface area contributed by atoms with Crippen LogP contribution in [0.4, 0.5) is 0 Å². The zero-order valence-corrected chi connectivity index (χ0v) is 10.6. The van der Waals surface area contributed by atoms with Gasteiger partial charge in [0.1, 0.15) is 6.33 Å². The van der Waals surface area contributed by atoms with Gasteiger partial charge in [0.05, 0.1) is 6.61 Å². The number of hydrogen-bond donors (Lipinski definition) is 0. The highest BCUT2D eigenvalue weighted by atomic mass is 35.5. The number of halogens is 1. The van der Waals surface area contributed by atoms with Gasteiger partial charge in [-0.25, -0.2) is 0 Å². The van der Waals surface area contributed by atoms with Gasteiger partial charge in [-0.15, -0.1) is 10.2 Å². The van der Waals surface area contributed by atoms with Crippen molar-refractivity contribution in [1.82, 2.24) is 14.8 Å². The van der Waals surface area contributed by atoms with Crippen LogP contribution in [0.3, 0.4) is 0 Å². The van der Waals surface area contributed by atoms with E-state index in [9.17, 15) is 0 Å². The number of rotatable bonds is 4. The van der Waals surface area contributed by atoms with Crippen molar-refractivity contribution in [2.24, 2.45) is 0 Å². The van der Waals surface area contributed by atoms with Gasteiger partial charge in [0, 0.05) is 24.2 Å². The normalized spacial score (nSPS) is 10.8. The zero-order chi connectivity index (χ0) is 12.3. The number of hydrogen-bond acceptors (Lipinski definition) is 3. The quantitative estimate of drug-likeness (QED) is 0.839. The van der Waals surface area contributed by atoms with Crippen LogP contribution in [0, 0.1) is 6.92 Å². The van der Waals surface area contributed by atoms with E-state index in [1.807, 2.05) is 29.7 Å². The SMILES string of the molecule is COCCn1cnnc1-c1cc(C)cc(Cl)c1. The summed E-state index contributed by atoms with van der Waals surface area (Å²) < 4.78 is 7.00. The Morgan fingerprint density at radius 3 is 2.88 bits per heavy atom. The molecule has 17 heavy (non-hydrogen) atoms. The van der Waals surface area contributed by atoms with Crippen LogP contribution >= 0.6 is 11.6 Å². The summed E-state index contributed by atoms with van der Waals surface area (Å²) in [6.45, 7) is 3.36. The van der Waals surface area contributed by atoms with E-state index in [1.54, 1.807) is 13.4 Å². The lowest BCUT2D eigenvalue weighted by atomic mass is 10.1. The molecule has 2 rings (SSSR count). The molecule has 0 aliphatic carbocycles. The molecule has 0 saturated heterocycles. The van der Waals surface area contributed by atoms with Gasteiger partial charge < -0.3 is 9.30 Å². The van der Waals surface area contributed by atoms with Crippen molar-refractivity contribution in [2.75, 3.05) is 13.7 Å². The predicted molar refractivity (Wildman–Crippen MR) is 67.1 cm³/mol. The molecule has 4 nitrogen and oxygen atoms in total. The van der Waals surface area contributed by atoms with Crippen molar-refractivity contribution in [3.05, 3.63) is 35.1 Å². The average Bonchev–Trinajstić information content (AvgIpc) is 2.73. The highest BCUT2D eigenvalue weighted by Gasteiger charge is 2.08. The first-order valence-corrected chi connectivity index (χ1v) is 5.73. The first-order valence-electron chi connectivity index (χ1n) is 5.35. The first-order chi connectivity index (χ1) is 8.20. The third-order valence-electron chi connectivity index (χ3n) is 2.45. The Morgan fingerprint density at radius 2 is 2.18 bits per heavy atom. The van der Waals surface area contributed by atoms with Crippen LogP contribution in [0.2, 0.25) is 5.02 Å². The Bertz CT molecular complexity index is 490. The van der Waals surface area contributed by atoms with Crippen LogP contribution in [-0.2, 0) is 11.3 Å². The van der Waals surface area contributed by atoms with Gasteiger partial charge in [-0.1, -0.05) is 11.6 Å². The lowest BCUT2D eigenvalue weighted by molar-refractivity contribution is 0.187. The molecule has 5 heteroatoms. The molecule has 0 spiro atoms.